The number of hydrogen-bond donors (Lipinski definition) is 0. The predicted molar refractivity (Wildman–Crippen MR) is 46.1 cm³/mol. The summed E-state index contributed by atoms with van der Waals surface area (Å²) in [5, 5.41) is 0. The molecule has 11 heavy (non-hydrogen) atoms. The molecule has 0 atom stereocenters. The molecule has 0 amide bonds. The van der Waals surface area contributed by atoms with Crippen molar-refractivity contribution in [3.63, 3.8) is 0 Å². The van der Waals surface area contributed by atoms with Gasteiger partial charge in [0, 0.05) is 4.47 Å². The Kier molecular flexibility index (Phi) is 1.58. The van der Waals surface area contributed by atoms with Crippen LogP contribution in [0.4, 0.5) is 0 Å². The lowest BCUT2D eigenvalue weighted by Crippen LogP contribution is -1.80. The molecule has 0 aliphatic carbocycles. The van der Waals surface area contributed by atoms with E-state index >= 15 is 0 Å². The summed E-state index contributed by atoms with van der Waals surface area (Å²) in [5.41, 5.74) is 1.76. The van der Waals surface area contributed by atoms with Gasteiger partial charge < -0.3 is 0 Å². The van der Waals surface area contributed by atoms with Crippen molar-refractivity contribution < 1.29 is 0 Å². The quantitative estimate of drug-likeness (QED) is 0.663. The van der Waals surface area contributed by atoms with Gasteiger partial charge in [0.2, 0.25) is 0 Å². The third-order valence-corrected chi connectivity index (χ3v) is 1.88. The Bertz CT molecular complexity index is 387. The van der Waals surface area contributed by atoms with Crippen LogP contribution >= 0.6 is 15.9 Å². The molecule has 1 aromatic carbocycles. The summed E-state index contributed by atoms with van der Waals surface area (Å²) < 4.78 is 1.01. The highest BCUT2D eigenvalue weighted by Crippen LogP contribution is 2.14. The maximum Gasteiger partial charge on any atom is 0.109 e. The third-order valence-electron chi connectivity index (χ3n) is 1.38. The van der Waals surface area contributed by atoms with Crippen LogP contribution in [-0.4, -0.2) is 9.97 Å². The van der Waals surface area contributed by atoms with Crippen LogP contribution in [0.2, 0.25) is 0 Å². The topological polar surface area (TPSA) is 25.8 Å². The molecule has 3 heteroatoms. The standard InChI is InChI=1S/C8H4BrN2/c9-6-1-2-7-8(5-6)11-4-3-10-7/h1-3,5H. The fourth-order valence-electron chi connectivity index (χ4n) is 0.892. The van der Waals surface area contributed by atoms with Gasteiger partial charge in [-0.25, -0.2) is 4.98 Å². The minimum absolute atomic E-state index is 0.863. The Morgan fingerprint density at radius 2 is 2.18 bits per heavy atom. The van der Waals surface area contributed by atoms with Crippen LogP contribution in [0.1, 0.15) is 0 Å². The van der Waals surface area contributed by atoms with Crippen molar-refractivity contribution in [2.75, 3.05) is 0 Å². The number of benzene rings is 1. The maximum atomic E-state index is 4.08. The molecule has 0 aliphatic heterocycles. The minimum Gasteiger partial charge on any atom is -0.252 e. The number of rotatable bonds is 0. The number of aromatic nitrogens is 2. The fraction of sp³-hybridized carbons (Fsp3) is 0. The summed E-state index contributed by atoms with van der Waals surface area (Å²) in [4.78, 5) is 8.11. The van der Waals surface area contributed by atoms with E-state index in [1.165, 1.54) is 0 Å². The molecule has 0 spiro atoms. The molecule has 0 N–H and O–H groups in total. The summed E-state index contributed by atoms with van der Waals surface area (Å²) in [5.74, 6) is 0. The summed E-state index contributed by atoms with van der Waals surface area (Å²) >= 11 is 3.35. The van der Waals surface area contributed by atoms with Crippen LogP contribution < -0.4 is 0 Å². The fourth-order valence-corrected chi connectivity index (χ4v) is 1.24. The second-order valence-corrected chi connectivity index (χ2v) is 3.05. The normalized spacial score (nSPS) is 10.3. The Balaban J connectivity index is 2.83. The molecule has 53 valence electrons. The molecule has 0 saturated heterocycles. The molecular weight excluding hydrogens is 204 g/mol. The van der Waals surface area contributed by atoms with Crippen molar-refractivity contribution in [3.05, 3.63) is 35.1 Å². The lowest BCUT2D eigenvalue weighted by Gasteiger charge is -1.93. The SMILES string of the molecule is Brc1ccc2nc[c]nc2c1. The zero-order valence-electron chi connectivity index (χ0n) is 5.58. The first-order valence-electron chi connectivity index (χ1n) is 3.14. The van der Waals surface area contributed by atoms with Gasteiger partial charge >= 0.3 is 0 Å². The largest absolute Gasteiger partial charge is 0.252 e. The molecule has 1 radical (unpaired) electrons. The highest BCUT2D eigenvalue weighted by atomic mass is 79.9. The summed E-state index contributed by atoms with van der Waals surface area (Å²) in [7, 11) is 0. The molecule has 2 rings (SSSR count). The van der Waals surface area contributed by atoms with E-state index in [1.54, 1.807) is 6.20 Å². The van der Waals surface area contributed by atoms with Crippen LogP contribution in [0.25, 0.3) is 11.0 Å². The minimum atomic E-state index is 0.863. The highest BCUT2D eigenvalue weighted by Gasteiger charge is 1.93. The maximum absolute atomic E-state index is 4.08. The molecule has 0 bridgehead atoms. The first kappa shape index (κ1) is 6.73. The van der Waals surface area contributed by atoms with Crippen molar-refractivity contribution >= 4 is 27.0 Å². The molecule has 1 aromatic heterocycles. The summed E-state index contributed by atoms with van der Waals surface area (Å²) in [6.07, 6.45) is 4.25. The second kappa shape index (κ2) is 2.58. The van der Waals surface area contributed by atoms with Gasteiger partial charge in [0.05, 0.1) is 17.2 Å². The molecule has 0 aliphatic rings. The number of fused-ring (bicyclic) bond motifs is 1. The summed E-state index contributed by atoms with van der Waals surface area (Å²) in [6.45, 7) is 0. The summed E-state index contributed by atoms with van der Waals surface area (Å²) in [6, 6.07) is 5.77. The second-order valence-electron chi connectivity index (χ2n) is 2.13. The van der Waals surface area contributed by atoms with Crippen LogP contribution in [0.3, 0.4) is 0 Å². The van der Waals surface area contributed by atoms with E-state index in [0.717, 1.165) is 15.5 Å². The Morgan fingerprint density at radius 1 is 1.27 bits per heavy atom. The van der Waals surface area contributed by atoms with Crippen LogP contribution in [0.5, 0.6) is 0 Å². The van der Waals surface area contributed by atoms with E-state index in [1.807, 2.05) is 18.2 Å². The van der Waals surface area contributed by atoms with Gasteiger partial charge in [-0.2, -0.15) is 0 Å². The predicted octanol–water partition coefficient (Wildman–Crippen LogP) is 2.19. The number of hydrogen-bond acceptors (Lipinski definition) is 2. The monoisotopic (exact) mass is 207 g/mol. The smallest absolute Gasteiger partial charge is 0.109 e. The van der Waals surface area contributed by atoms with E-state index in [0.29, 0.717) is 0 Å². The van der Waals surface area contributed by atoms with Crippen LogP contribution in [-0.2, 0) is 0 Å². The molecule has 0 saturated carbocycles. The van der Waals surface area contributed by atoms with E-state index < -0.39 is 0 Å². The third kappa shape index (κ3) is 1.24. The molecule has 2 nitrogen and oxygen atoms in total. The van der Waals surface area contributed by atoms with Crippen molar-refractivity contribution in [2.24, 2.45) is 0 Å². The van der Waals surface area contributed by atoms with E-state index in [4.69, 9.17) is 0 Å². The molecular formula is C8H4BrN2. The van der Waals surface area contributed by atoms with E-state index in [2.05, 4.69) is 32.1 Å². The average molecular weight is 208 g/mol. The number of nitrogens with zero attached hydrogens (tertiary/aromatic N) is 2. The van der Waals surface area contributed by atoms with Crippen LogP contribution in [0.15, 0.2) is 28.9 Å². The average Bonchev–Trinajstić information content (AvgIpc) is 2.04. The van der Waals surface area contributed by atoms with Crippen molar-refractivity contribution in [1.29, 1.82) is 0 Å². The molecule has 0 unspecified atom stereocenters. The van der Waals surface area contributed by atoms with Gasteiger partial charge in [-0.05, 0) is 18.2 Å². The van der Waals surface area contributed by atoms with Gasteiger partial charge in [0.25, 0.3) is 0 Å². The lowest BCUT2D eigenvalue weighted by atomic mass is 10.3. The molecule has 2 aromatic rings. The van der Waals surface area contributed by atoms with Gasteiger partial charge in [-0.1, -0.05) is 15.9 Å². The van der Waals surface area contributed by atoms with E-state index in [-0.39, 0.29) is 0 Å². The van der Waals surface area contributed by atoms with Gasteiger partial charge in [-0.15, -0.1) is 0 Å². The van der Waals surface area contributed by atoms with Gasteiger partial charge in [0.1, 0.15) is 6.20 Å². The Labute approximate surface area is 72.4 Å². The molecule has 0 fully saturated rings. The lowest BCUT2D eigenvalue weighted by molar-refractivity contribution is 1.28. The van der Waals surface area contributed by atoms with Crippen molar-refractivity contribution in [1.82, 2.24) is 9.97 Å². The zero-order chi connectivity index (χ0) is 7.68. The Morgan fingerprint density at radius 3 is 3.09 bits per heavy atom. The highest BCUT2D eigenvalue weighted by molar-refractivity contribution is 9.10. The number of halogens is 1. The molecule has 1 heterocycles. The zero-order valence-corrected chi connectivity index (χ0v) is 7.17. The van der Waals surface area contributed by atoms with Crippen molar-refractivity contribution in [3.8, 4) is 0 Å². The first-order chi connectivity index (χ1) is 5.36. The van der Waals surface area contributed by atoms with Crippen molar-refractivity contribution in [2.45, 2.75) is 0 Å². The Hall–Kier alpha value is -0.960. The van der Waals surface area contributed by atoms with Gasteiger partial charge in [0.15, 0.2) is 0 Å². The first-order valence-corrected chi connectivity index (χ1v) is 3.94. The van der Waals surface area contributed by atoms with Gasteiger partial charge in [-0.3, -0.25) is 4.98 Å². The van der Waals surface area contributed by atoms with Crippen LogP contribution in [0, 0.1) is 6.20 Å². The van der Waals surface area contributed by atoms with E-state index in [9.17, 15) is 0 Å².